The van der Waals surface area contributed by atoms with Crippen LogP contribution in [0.3, 0.4) is 0 Å². The zero-order chi connectivity index (χ0) is 30.2. The molecule has 1 amide bonds. The molecule has 1 unspecified atom stereocenters. The van der Waals surface area contributed by atoms with Gasteiger partial charge < -0.3 is 19.9 Å². The van der Waals surface area contributed by atoms with Crippen molar-refractivity contribution < 1.29 is 19.0 Å². The lowest BCUT2D eigenvalue weighted by Crippen LogP contribution is -2.34. The number of nitrogen functional groups attached to an aromatic ring is 1. The number of carbonyl (C=O) groups is 1. The number of nitriles is 2. The molecule has 0 aliphatic rings. The average molecular weight is 580 g/mol. The number of para-hydroxylation sites is 2. The van der Waals surface area contributed by atoms with Gasteiger partial charge in [0.2, 0.25) is 11.7 Å². The zero-order valence-electron chi connectivity index (χ0n) is 23.6. The monoisotopic (exact) mass is 579 g/mol. The third-order valence-electron chi connectivity index (χ3n) is 6.52. The van der Waals surface area contributed by atoms with Gasteiger partial charge in [0.1, 0.15) is 28.5 Å². The van der Waals surface area contributed by atoms with E-state index in [2.05, 4.69) is 17.1 Å². The number of methoxy groups -OCH3 is 3. The Bertz CT molecular complexity index is 1600. The van der Waals surface area contributed by atoms with Gasteiger partial charge in [-0.1, -0.05) is 55.1 Å². The van der Waals surface area contributed by atoms with Gasteiger partial charge in [0.05, 0.1) is 32.1 Å². The van der Waals surface area contributed by atoms with E-state index in [-0.39, 0.29) is 33.4 Å². The molecule has 0 aliphatic carbocycles. The fourth-order valence-corrected chi connectivity index (χ4v) is 5.60. The van der Waals surface area contributed by atoms with Crippen molar-refractivity contribution in [3.8, 4) is 40.5 Å². The molecule has 0 radical (unpaired) electrons. The van der Waals surface area contributed by atoms with Gasteiger partial charge in [-0.3, -0.25) is 9.69 Å². The molecule has 4 aromatic rings. The highest BCUT2D eigenvalue weighted by atomic mass is 32.2. The number of benzene rings is 3. The van der Waals surface area contributed by atoms with Crippen molar-refractivity contribution in [2.45, 2.75) is 23.6 Å². The minimum atomic E-state index is -0.634. The molecule has 212 valence electrons. The first-order chi connectivity index (χ1) is 20.4. The van der Waals surface area contributed by atoms with E-state index in [1.807, 2.05) is 67.6 Å². The van der Waals surface area contributed by atoms with Crippen LogP contribution in [0.2, 0.25) is 0 Å². The fraction of sp³-hybridized carbons (Fsp3) is 0.188. The molecule has 10 heteroatoms. The number of pyridine rings is 1. The van der Waals surface area contributed by atoms with Crippen molar-refractivity contribution in [1.29, 1.82) is 10.5 Å². The molecule has 4 rings (SSSR count). The highest BCUT2D eigenvalue weighted by Gasteiger charge is 2.30. The molecule has 9 nitrogen and oxygen atoms in total. The summed E-state index contributed by atoms with van der Waals surface area (Å²) in [5, 5.41) is 20.0. The minimum absolute atomic E-state index is 0.0275. The molecule has 3 aromatic carbocycles. The van der Waals surface area contributed by atoms with Crippen LogP contribution in [0.15, 0.2) is 77.8 Å². The van der Waals surface area contributed by atoms with Crippen LogP contribution in [0, 0.1) is 22.7 Å². The molecule has 42 heavy (non-hydrogen) atoms. The Kier molecular flexibility index (Phi) is 9.53. The summed E-state index contributed by atoms with van der Waals surface area (Å²) in [7, 11) is 4.43. The molecule has 1 aromatic heterocycles. The summed E-state index contributed by atoms with van der Waals surface area (Å²) < 4.78 is 16.4. The number of anilines is 3. The number of rotatable bonds is 10. The summed E-state index contributed by atoms with van der Waals surface area (Å²) in [5.41, 5.74) is 8.55. The van der Waals surface area contributed by atoms with Crippen LogP contribution < -0.4 is 24.8 Å². The van der Waals surface area contributed by atoms with Gasteiger partial charge in [0.15, 0.2) is 11.5 Å². The Hall–Kier alpha value is -5.19. The van der Waals surface area contributed by atoms with Crippen LogP contribution >= 0.6 is 11.8 Å². The molecule has 0 bridgehead atoms. The number of amides is 1. The van der Waals surface area contributed by atoms with E-state index in [1.54, 1.807) is 17.0 Å². The van der Waals surface area contributed by atoms with Crippen LogP contribution in [0.5, 0.6) is 17.2 Å². The topological polar surface area (TPSA) is 134 Å². The second kappa shape index (κ2) is 13.4. The van der Waals surface area contributed by atoms with E-state index in [1.165, 1.54) is 21.3 Å². The van der Waals surface area contributed by atoms with Gasteiger partial charge >= 0.3 is 0 Å². The number of carbonyl (C=O) groups excluding carboxylic acids is 1. The SMILES string of the molecule is CCC(Sc1nc(N)c(C#N)c(-c2cc(OC)c(OC)c(OC)c2)c1C#N)C(=O)N(c1ccccc1)c1ccccc1. The Morgan fingerprint density at radius 1 is 0.905 bits per heavy atom. The van der Waals surface area contributed by atoms with Gasteiger partial charge in [-0.15, -0.1) is 0 Å². The molecule has 0 fully saturated rings. The lowest BCUT2D eigenvalue weighted by atomic mass is 9.96. The first-order valence-electron chi connectivity index (χ1n) is 13.0. The summed E-state index contributed by atoms with van der Waals surface area (Å²) in [4.78, 5) is 20.2. The van der Waals surface area contributed by atoms with Crippen LogP contribution in [0.25, 0.3) is 11.1 Å². The number of aromatic nitrogens is 1. The first-order valence-corrected chi connectivity index (χ1v) is 13.8. The molecule has 0 aliphatic heterocycles. The first kappa shape index (κ1) is 29.8. The van der Waals surface area contributed by atoms with Crippen molar-refractivity contribution in [2.75, 3.05) is 32.0 Å². The fourth-order valence-electron chi connectivity index (χ4n) is 4.54. The molecular weight excluding hydrogens is 550 g/mol. The van der Waals surface area contributed by atoms with Crippen molar-refractivity contribution >= 4 is 34.9 Å². The summed E-state index contributed by atoms with van der Waals surface area (Å²) >= 11 is 1.13. The molecule has 0 saturated heterocycles. The number of ether oxygens (including phenoxy) is 3. The smallest absolute Gasteiger partial charge is 0.245 e. The van der Waals surface area contributed by atoms with E-state index in [9.17, 15) is 15.3 Å². The molecule has 1 heterocycles. The Labute approximate surface area is 249 Å². The van der Waals surface area contributed by atoms with Crippen molar-refractivity contribution in [2.24, 2.45) is 0 Å². The van der Waals surface area contributed by atoms with Gasteiger partial charge in [-0.2, -0.15) is 10.5 Å². The van der Waals surface area contributed by atoms with E-state index in [0.29, 0.717) is 40.6 Å². The average Bonchev–Trinajstić information content (AvgIpc) is 3.03. The predicted octanol–water partition coefficient (Wildman–Crippen LogP) is 6.34. The standard InChI is InChI=1S/C32H29N5O4S/c1-5-27(32(38)37(21-12-8-6-9-13-21)22-14-10-7-11-15-22)42-31-24(19-34)28(23(18-33)30(35)36-31)20-16-25(39-2)29(41-4)26(17-20)40-3/h6-17,27H,5H2,1-4H3,(H2,35,36). The quantitative estimate of drug-likeness (QED) is 0.214. The van der Waals surface area contributed by atoms with Gasteiger partial charge in [0.25, 0.3) is 0 Å². The maximum atomic E-state index is 14.1. The van der Waals surface area contributed by atoms with Crippen LogP contribution in [0.4, 0.5) is 17.2 Å². The zero-order valence-corrected chi connectivity index (χ0v) is 24.4. The van der Waals surface area contributed by atoms with Crippen LogP contribution in [0.1, 0.15) is 24.5 Å². The molecule has 0 saturated carbocycles. The van der Waals surface area contributed by atoms with Crippen molar-refractivity contribution in [3.63, 3.8) is 0 Å². The number of hydrogen-bond donors (Lipinski definition) is 1. The molecule has 1 atom stereocenters. The number of nitrogens with two attached hydrogens (primary N) is 1. The lowest BCUT2D eigenvalue weighted by Gasteiger charge is -2.27. The van der Waals surface area contributed by atoms with E-state index in [4.69, 9.17) is 19.9 Å². The largest absolute Gasteiger partial charge is 0.493 e. The maximum Gasteiger partial charge on any atom is 0.245 e. The highest BCUT2D eigenvalue weighted by molar-refractivity contribution is 8.00. The summed E-state index contributed by atoms with van der Waals surface area (Å²) in [6, 6.07) is 26.3. The second-order valence-corrected chi connectivity index (χ2v) is 10.1. The second-order valence-electron chi connectivity index (χ2n) is 8.92. The Morgan fingerprint density at radius 2 is 1.43 bits per heavy atom. The number of thioether (sulfide) groups is 1. The number of hydrogen-bond acceptors (Lipinski definition) is 9. The normalized spacial score (nSPS) is 11.1. The van der Waals surface area contributed by atoms with Gasteiger partial charge in [0, 0.05) is 16.9 Å². The molecular formula is C32H29N5O4S. The van der Waals surface area contributed by atoms with Gasteiger partial charge in [-0.25, -0.2) is 4.98 Å². The van der Waals surface area contributed by atoms with E-state index in [0.717, 1.165) is 11.8 Å². The number of nitrogens with zero attached hydrogens (tertiary/aromatic N) is 4. The third-order valence-corrected chi connectivity index (χ3v) is 7.86. The summed E-state index contributed by atoms with van der Waals surface area (Å²) in [6.45, 7) is 1.89. The third kappa shape index (κ3) is 5.80. The molecule has 2 N–H and O–H groups in total. The van der Waals surface area contributed by atoms with Gasteiger partial charge in [-0.05, 0) is 48.4 Å². The van der Waals surface area contributed by atoms with Crippen molar-refractivity contribution in [1.82, 2.24) is 4.98 Å². The predicted molar refractivity (Wildman–Crippen MR) is 163 cm³/mol. The Balaban J connectivity index is 1.86. The van der Waals surface area contributed by atoms with Crippen molar-refractivity contribution in [3.05, 3.63) is 83.9 Å². The highest BCUT2D eigenvalue weighted by Crippen LogP contribution is 2.45. The minimum Gasteiger partial charge on any atom is -0.493 e. The van der Waals surface area contributed by atoms with Crippen LogP contribution in [-0.4, -0.2) is 37.5 Å². The summed E-state index contributed by atoms with van der Waals surface area (Å²) in [6.07, 6.45) is 0.436. The maximum absolute atomic E-state index is 14.1. The lowest BCUT2D eigenvalue weighted by molar-refractivity contribution is -0.117. The molecule has 0 spiro atoms. The summed E-state index contributed by atoms with van der Waals surface area (Å²) in [5.74, 6) is 0.784. The Morgan fingerprint density at radius 3 is 1.86 bits per heavy atom. The van der Waals surface area contributed by atoms with E-state index >= 15 is 0 Å². The van der Waals surface area contributed by atoms with Crippen LogP contribution in [-0.2, 0) is 4.79 Å². The van der Waals surface area contributed by atoms with E-state index < -0.39 is 5.25 Å².